The first-order valence-electron chi connectivity index (χ1n) is 9.55. The number of methoxy groups -OCH3 is 1. The summed E-state index contributed by atoms with van der Waals surface area (Å²) in [6, 6.07) is 10.0. The number of hydrogen-bond donors (Lipinski definition) is 3. The molecule has 0 spiro atoms. The second-order valence-corrected chi connectivity index (χ2v) is 8.39. The van der Waals surface area contributed by atoms with E-state index in [2.05, 4.69) is 21.2 Å². The third-order valence-electron chi connectivity index (χ3n) is 4.17. The standard InChI is InChI=1S/C21H23ClN4O4S/c1-11(2)30-18-14(22)9-13(10-16(18)29-4)20(28)26-25-19(27)12(3)23-21-24-15-7-5-6-8-17(15)31-21/h5-12H,1-4H3,(H,23,24)(H,25,27)(H,26,28)/t12-/m1/s1. The number of nitrogens with one attached hydrogen (secondary N) is 3. The Morgan fingerprint density at radius 1 is 1.13 bits per heavy atom. The number of hydrogen-bond acceptors (Lipinski definition) is 7. The van der Waals surface area contributed by atoms with Gasteiger partial charge in [0.15, 0.2) is 16.6 Å². The van der Waals surface area contributed by atoms with Gasteiger partial charge in [-0.15, -0.1) is 0 Å². The van der Waals surface area contributed by atoms with Gasteiger partial charge in [0.05, 0.1) is 28.5 Å². The number of hydrazine groups is 1. The average Bonchev–Trinajstić information content (AvgIpc) is 3.14. The summed E-state index contributed by atoms with van der Waals surface area (Å²) >= 11 is 7.70. The number of thiazole rings is 1. The van der Waals surface area contributed by atoms with Gasteiger partial charge in [0.2, 0.25) is 0 Å². The normalized spacial score (nSPS) is 11.8. The van der Waals surface area contributed by atoms with Crippen molar-refractivity contribution in [1.82, 2.24) is 15.8 Å². The molecule has 0 unspecified atom stereocenters. The van der Waals surface area contributed by atoms with E-state index in [1.165, 1.54) is 30.6 Å². The average molecular weight is 463 g/mol. The number of halogens is 1. The molecule has 1 aromatic heterocycles. The van der Waals surface area contributed by atoms with Crippen LogP contribution in [0.2, 0.25) is 5.02 Å². The molecule has 0 saturated carbocycles. The van der Waals surface area contributed by atoms with Crippen molar-refractivity contribution in [2.24, 2.45) is 0 Å². The van der Waals surface area contributed by atoms with Gasteiger partial charge in [0.25, 0.3) is 11.8 Å². The summed E-state index contributed by atoms with van der Waals surface area (Å²) in [5, 5.41) is 3.88. The monoisotopic (exact) mass is 462 g/mol. The molecular formula is C21H23ClN4O4S. The van der Waals surface area contributed by atoms with Crippen LogP contribution in [-0.4, -0.2) is 36.1 Å². The number of nitrogens with zero attached hydrogens (tertiary/aromatic N) is 1. The van der Waals surface area contributed by atoms with Crippen molar-refractivity contribution < 1.29 is 19.1 Å². The first-order valence-corrected chi connectivity index (χ1v) is 10.7. The molecule has 10 heteroatoms. The van der Waals surface area contributed by atoms with E-state index >= 15 is 0 Å². The predicted octanol–water partition coefficient (Wildman–Crippen LogP) is 4.01. The maximum Gasteiger partial charge on any atom is 0.269 e. The molecule has 8 nitrogen and oxygen atoms in total. The molecule has 1 heterocycles. The fourth-order valence-electron chi connectivity index (χ4n) is 2.68. The molecule has 0 saturated heterocycles. The summed E-state index contributed by atoms with van der Waals surface area (Å²) in [5.74, 6) is -0.292. The van der Waals surface area contributed by atoms with Crippen molar-refractivity contribution in [3.05, 3.63) is 47.0 Å². The van der Waals surface area contributed by atoms with E-state index in [1.54, 1.807) is 6.92 Å². The van der Waals surface area contributed by atoms with Crippen molar-refractivity contribution in [2.75, 3.05) is 12.4 Å². The Bertz CT molecular complexity index is 1070. The molecule has 0 fully saturated rings. The van der Waals surface area contributed by atoms with E-state index in [0.29, 0.717) is 16.6 Å². The molecule has 0 bridgehead atoms. The molecule has 3 rings (SSSR count). The Morgan fingerprint density at radius 3 is 2.55 bits per heavy atom. The van der Waals surface area contributed by atoms with Crippen LogP contribution in [0.5, 0.6) is 11.5 Å². The van der Waals surface area contributed by atoms with Crippen molar-refractivity contribution in [3.63, 3.8) is 0 Å². The third-order valence-corrected chi connectivity index (χ3v) is 5.42. The maximum atomic E-state index is 12.5. The molecule has 0 aliphatic rings. The van der Waals surface area contributed by atoms with E-state index in [1.807, 2.05) is 38.1 Å². The van der Waals surface area contributed by atoms with Gasteiger partial charge in [-0.3, -0.25) is 20.4 Å². The lowest BCUT2D eigenvalue weighted by atomic mass is 10.2. The second-order valence-electron chi connectivity index (χ2n) is 6.95. The number of ether oxygens (including phenoxy) is 2. The van der Waals surface area contributed by atoms with E-state index in [9.17, 15) is 9.59 Å². The van der Waals surface area contributed by atoms with Gasteiger partial charge < -0.3 is 14.8 Å². The first kappa shape index (κ1) is 22.6. The highest BCUT2D eigenvalue weighted by atomic mass is 35.5. The van der Waals surface area contributed by atoms with Crippen LogP contribution in [0.15, 0.2) is 36.4 Å². The van der Waals surface area contributed by atoms with E-state index in [4.69, 9.17) is 21.1 Å². The predicted molar refractivity (Wildman–Crippen MR) is 122 cm³/mol. The highest BCUT2D eigenvalue weighted by molar-refractivity contribution is 7.22. The molecule has 31 heavy (non-hydrogen) atoms. The Morgan fingerprint density at radius 2 is 1.87 bits per heavy atom. The van der Waals surface area contributed by atoms with Crippen LogP contribution in [0.25, 0.3) is 10.2 Å². The third kappa shape index (κ3) is 5.56. The van der Waals surface area contributed by atoms with Gasteiger partial charge in [-0.05, 0) is 45.0 Å². The SMILES string of the molecule is COc1cc(C(=O)NNC(=O)[C@@H](C)Nc2nc3ccccc3s2)cc(Cl)c1OC(C)C. The number of carbonyl (C=O) groups is 2. The summed E-state index contributed by atoms with van der Waals surface area (Å²) in [7, 11) is 1.46. The largest absolute Gasteiger partial charge is 0.493 e. The quantitative estimate of drug-likeness (QED) is 0.458. The minimum atomic E-state index is -0.624. The molecule has 3 N–H and O–H groups in total. The molecule has 164 valence electrons. The summed E-state index contributed by atoms with van der Waals surface area (Å²) in [4.78, 5) is 29.3. The van der Waals surface area contributed by atoms with E-state index in [-0.39, 0.29) is 16.7 Å². The fraction of sp³-hybridized carbons (Fsp3) is 0.286. The van der Waals surface area contributed by atoms with Crippen LogP contribution in [0.3, 0.4) is 0 Å². The zero-order valence-corrected chi connectivity index (χ0v) is 19.1. The molecule has 0 radical (unpaired) electrons. The van der Waals surface area contributed by atoms with Gasteiger partial charge >= 0.3 is 0 Å². The fourth-order valence-corrected chi connectivity index (χ4v) is 3.89. The lowest BCUT2D eigenvalue weighted by molar-refractivity contribution is -0.122. The van der Waals surface area contributed by atoms with Crippen LogP contribution < -0.4 is 25.6 Å². The lowest BCUT2D eigenvalue weighted by Crippen LogP contribution is -2.47. The minimum absolute atomic E-state index is 0.116. The number of fused-ring (bicyclic) bond motifs is 1. The molecule has 1 atom stereocenters. The number of para-hydroxylation sites is 1. The molecule has 0 aliphatic carbocycles. The second kappa shape index (κ2) is 9.84. The Hall–Kier alpha value is -3.04. The van der Waals surface area contributed by atoms with Crippen LogP contribution in [0.1, 0.15) is 31.1 Å². The maximum absolute atomic E-state index is 12.5. The van der Waals surface area contributed by atoms with Gasteiger partial charge in [0.1, 0.15) is 6.04 Å². The van der Waals surface area contributed by atoms with Crippen molar-refractivity contribution >= 4 is 50.1 Å². The van der Waals surface area contributed by atoms with E-state index in [0.717, 1.165) is 10.2 Å². The Labute approximate surface area is 188 Å². The summed E-state index contributed by atoms with van der Waals surface area (Å²) < 4.78 is 11.9. The van der Waals surface area contributed by atoms with Crippen molar-refractivity contribution in [2.45, 2.75) is 32.9 Å². The van der Waals surface area contributed by atoms with Crippen molar-refractivity contribution in [1.29, 1.82) is 0 Å². The zero-order chi connectivity index (χ0) is 22.5. The molecule has 3 aromatic rings. The van der Waals surface area contributed by atoms with Crippen LogP contribution in [0.4, 0.5) is 5.13 Å². The zero-order valence-electron chi connectivity index (χ0n) is 17.5. The topological polar surface area (TPSA) is 102 Å². The number of rotatable bonds is 7. The number of anilines is 1. The Kier molecular flexibility index (Phi) is 7.19. The Balaban J connectivity index is 1.61. The van der Waals surface area contributed by atoms with Gasteiger partial charge in [-0.25, -0.2) is 4.98 Å². The number of amides is 2. The lowest BCUT2D eigenvalue weighted by Gasteiger charge is -2.17. The van der Waals surface area contributed by atoms with Gasteiger partial charge in [-0.1, -0.05) is 35.1 Å². The molecule has 2 aromatic carbocycles. The number of aromatic nitrogens is 1. The molecular weight excluding hydrogens is 440 g/mol. The molecule has 0 aliphatic heterocycles. The van der Waals surface area contributed by atoms with E-state index < -0.39 is 17.9 Å². The highest BCUT2D eigenvalue weighted by Gasteiger charge is 2.19. The summed E-state index contributed by atoms with van der Waals surface area (Å²) in [6.45, 7) is 5.39. The van der Waals surface area contributed by atoms with Crippen LogP contribution in [-0.2, 0) is 4.79 Å². The highest BCUT2D eigenvalue weighted by Crippen LogP contribution is 2.37. The molecule has 2 amide bonds. The van der Waals surface area contributed by atoms with Gasteiger partial charge in [-0.2, -0.15) is 0 Å². The van der Waals surface area contributed by atoms with Crippen LogP contribution >= 0.6 is 22.9 Å². The minimum Gasteiger partial charge on any atom is -0.493 e. The summed E-state index contributed by atoms with van der Waals surface area (Å²) in [6.07, 6.45) is -0.116. The smallest absolute Gasteiger partial charge is 0.269 e. The summed E-state index contributed by atoms with van der Waals surface area (Å²) in [5.41, 5.74) is 5.85. The van der Waals surface area contributed by atoms with Gasteiger partial charge in [0, 0.05) is 5.56 Å². The first-order chi connectivity index (χ1) is 14.8. The van der Waals surface area contributed by atoms with Crippen LogP contribution in [0, 0.1) is 0 Å². The number of carbonyl (C=O) groups excluding carboxylic acids is 2. The van der Waals surface area contributed by atoms with Crippen molar-refractivity contribution in [3.8, 4) is 11.5 Å². The number of benzene rings is 2.